The van der Waals surface area contributed by atoms with Crippen molar-refractivity contribution in [1.29, 1.82) is 0 Å². The fourth-order valence-electron chi connectivity index (χ4n) is 8.71. The Kier molecular flexibility index (Phi) is 10.8. The van der Waals surface area contributed by atoms with Crippen molar-refractivity contribution in [1.82, 2.24) is 25.7 Å². The minimum absolute atomic E-state index is 0.00867. The third-order valence-electron chi connectivity index (χ3n) is 11.6. The van der Waals surface area contributed by atoms with Crippen LogP contribution in [0.2, 0.25) is 0 Å². The fraction of sp³-hybridized carbons (Fsp3) is 0.372. The van der Waals surface area contributed by atoms with Crippen molar-refractivity contribution in [2.24, 2.45) is 0 Å². The van der Waals surface area contributed by atoms with E-state index in [1.54, 1.807) is 18.2 Å². The quantitative estimate of drug-likeness (QED) is 0.115. The first-order chi connectivity index (χ1) is 26.8. The molecule has 3 heterocycles. The number of aryl methyl sites for hydroxylation is 1. The lowest BCUT2D eigenvalue weighted by Gasteiger charge is -2.38. The third-order valence-corrected chi connectivity index (χ3v) is 11.6. The van der Waals surface area contributed by atoms with Crippen molar-refractivity contribution in [2.75, 3.05) is 51.2 Å². The van der Waals surface area contributed by atoms with Gasteiger partial charge in [0.05, 0.1) is 11.1 Å². The summed E-state index contributed by atoms with van der Waals surface area (Å²) in [5, 5.41) is 29.0. The second kappa shape index (κ2) is 16.2. The summed E-state index contributed by atoms with van der Waals surface area (Å²) in [5.74, 6) is 0.0940. The molecule has 0 aromatic heterocycles. The number of ether oxygens (including phenoxy) is 1. The first kappa shape index (κ1) is 36.7. The van der Waals surface area contributed by atoms with Crippen LogP contribution in [0.3, 0.4) is 0 Å². The molecule has 3 amide bonds. The van der Waals surface area contributed by atoms with Gasteiger partial charge in [0.25, 0.3) is 17.7 Å². The molecule has 2 fully saturated rings. The number of carbonyl (C=O) groups excluding carboxylic acids is 3. The van der Waals surface area contributed by atoms with E-state index in [2.05, 4.69) is 81.6 Å². The number of phenolic OH excluding ortho intramolecular Hbond substituents is 1. The van der Waals surface area contributed by atoms with Crippen molar-refractivity contribution >= 4 is 23.4 Å². The first-order valence-corrected chi connectivity index (χ1v) is 19.4. The number of imide groups is 1. The molecular formula is C43H47N6O6-. The molecule has 8 rings (SSSR count). The van der Waals surface area contributed by atoms with Gasteiger partial charge in [-0.2, -0.15) is 0 Å². The Hall–Kier alpha value is -5.27. The largest absolute Gasteiger partial charge is 0.767 e. The molecule has 3 aliphatic heterocycles. The Morgan fingerprint density at radius 1 is 0.800 bits per heavy atom. The monoisotopic (exact) mass is 743 g/mol. The number of anilines is 1. The molecule has 4 N–H and O–H groups in total. The Bertz CT molecular complexity index is 2020. The summed E-state index contributed by atoms with van der Waals surface area (Å²) in [4.78, 5) is 41.8. The number of nitrogens with zero attached hydrogens (tertiary/aromatic N) is 3. The Morgan fingerprint density at radius 3 is 2.36 bits per heavy atom. The van der Waals surface area contributed by atoms with E-state index in [9.17, 15) is 24.7 Å². The number of piperidine rings is 1. The number of hydrogen-bond donors (Lipinski definition) is 4. The molecule has 0 spiro atoms. The number of phenols is 1. The Morgan fingerprint density at radius 2 is 1.58 bits per heavy atom. The molecule has 4 aromatic carbocycles. The SMILES string of the molecule is O=C1NN([O-])CCC1N1C(=O)c2ccc(NCCNC3CCN(CCOc4ccc([C@@H]5c6ccc(O)cc6CC[C@@H]5c5ccccc5)cc4)CC3)cc2C1=O. The average molecular weight is 744 g/mol. The summed E-state index contributed by atoms with van der Waals surface area (Å²) in [6.07, 6.45) is 4.17. The van der Waals surface area contributed by atoms with Crippen LogP contribution in [0.25, 0.3) is 0 Å². The highest BCUT2D eigenvalue weighted by Gasteiger charge is 2.44. The first-order valence-electron chi connectivity index (χ1n) is 19.4. The molecule has 4 aromatic rings. The van der Waals surface area contributed by atoms with Gasteiger partial charge in [-0.05, 0) is 116 Å². The number of nitrogens with one attached hydrogen (secondary N) is 3. The van der Waals surface area contributed by atoms with Gasteiger partial charge >= 0.3 is 0 Å². The lowest BCUT2D eigenvalue weighted by molar-refractivity contribution is -0.132. The van der Waals surface area contributed by atoms with Crippen LogP contribution in [0.15, 0.2) is 91.0 Å². The topological polar surface area (TPSA) is 150 Å². The van der Waals surface area contributed by atoms with Gasteiger partial charge in [0, 0.05) is 43.8 Å². The van der Waals surface area contributed by atoms with Gasteiger partial charge in [0.15, 0.2) is 0 Å². The van der Waals surface area contributed by atoms with Crippen LogP contribution < -0.4 is 20.8 Å². The molecule has 0 radical (unpaired) electrons. The number of hydrazine groups is 1. The highest BCUT2D eigenvalue weighted by atomic mass is 16.5. The van der Waals surface area contributed by atoms with Crippen LogP contribution in [0.5, 0.6) is 11.5 Å². The van der Waals surface area contributed by atoms with Gasteiger partial charge in [0.1, 0.15) is 24.1 Å². The van der Waals surface area contributed by atoms with Crippen molar-refractivity contribution < 1.29 is 24.2 Å². The molecule has 4 aliphatic rings. The average Bonchev–Trinajstić information content (AvgIpc) is 3.45. The number of hydrogen-bond acceptors (Lipinski definition) is 10. The van der Waals surface area contributed by atoms with Gasteiger partial charge in [-0.25, -0.2) is 0 Å². The number of rotatable bonds is 12. The maximum atomic E-state index is 13.1. The van der Waals surface area contributed by atoms with E-state index in [-0.39, 0.29) is 30.0 Å². The number of fused-ring (bicyclic) bond motifs is 2. The zero-order chi connectivity index (χ0) is 37.9. The number of carbonyl (C=O) groups is 3. The van der Waals surface area contributed by atoms with Gasteiger partial charge in [-0.3, -0.25) is 34.8 Å². The van der Waals surface area contributed by atoms with E-state index in [1.165, 1.54) is 22.3 Å². The Balaban J connectivity index is 0.765. The van der Waals surface area contributed by atoms with Crippen molar-refractivity contribution in [3.63, 3.8) is 0 Å². The van der Waals surface area contributed by atoms with Gasteiger partial charge < -0.3 is 25.7 Å². The molecule has 2 saturated heterocycles. The minimum atomic E-state index is -0.993. The van der Waals surface area contributed by atoms with Gasteiger partial charge in [-0.1, -0.05) is 48.5 Å². The van der Waals surface area contributed by atoms with Crippen LogP contribution in [-0.2, 0) is 11.2 Å². The molecule has 1 unspecified atom stereocenters. The van der Waals surface area contributed by atoms with E-state index in [0.717, 1.165) is 68.2 Å². The van der Waals surface area contributed by atoms with Crippen LogP contribution in [0, 0.1) is 5.21 Å². The standard InChI is InChI=1S/C43H47N6O6/c50-33-10-15-36-30(26-33)8-13-35(28-4-2-1-3-5-28)40(36)29-6-11-34(12-7-29)55-25-24-47-21-16-31(17-22-47)44-19-20-45-32-9-14-37-38(27-32)43(53)49(42(37)52)39-18-23-48(54)46-41(39)51/h1-7,9-12,14-15,26-27,31,35,39-40,44-45,50H,8,13,16-25H2,(H,46,51)/q-1/t35-,39?,40+/m1/s1. The zero-order valence-corrected chi connectivity index (χ0v) is 30.8. The maximum Gasteiger partial charge on any atom is 0.262 e. The lowest BCUT2D eigenvalue weighted by atomic mass is 9.69. The molecule has 0 bridgehead atoms. The second-order valence-electron chi connectivity index (χ2n) is 15.0. The van der Waals surface area contributed by atoms with Crippen molar-refractivity contribution in [2.45, 2.75) is 56.0 Å². The molecule has 3 atom stereocenters. The third kappa shape index (κ3) is 7.95. The van der Waals surface area contributed by atoms with Crippen LogP contribution in [0.1, 0.15) is 80.5 Å². The highest BCUT2D eigenvalue weighted by molar-refractivity contribution is 6.23. The van der Waals surface area contributed by atoms with E-state index in [1.807, 2.05) is 12.1 Å². The summed E-state index contributed by atoms with van der Waals surface area (Å²) in [7, 11) is 0. The van der Waals surface area contributed by atoms with E-state index in [0.29, 0.717) is 36.0 Å². The van der Waals surface area contributed by atoms with Gasteiger partial charge in [0.2, 0.25) is 0 Å². The van der Waals surface area contributed by atoms with E-state index < -0.39 is 23.8 Å². The summed E-state index contributed by atoms with van der Waals surface area (Å²) in [6.45, 7) is 4.88. The summed E-state index contributed by atoms with van der Waals surface area (Å²) < 4.78 is 6.21. The molecular weight excluding hydrogens is 697 g/mol. The molecule has 286 valence electrons. The van der Waals surface area contributed by atoms with Crippen LogP contribution >= 0.6 is 0 Å². The Labute approximate surface area is 321 Å². The molecule has 12 nitrogen and oxygen atoms in total. The second-order valence-corrected chi connectivity index (χ2v) is 15.0. The normalized spacial score (nSPS) is 21.9. The van der Waals surface area contributed by atoms with E-state index >= 15 is 0 Å². The smallest absolute Gasteiger partial charge is 0.262 e. The number of hydroxylamine groups is 1. The zero-order valence-electron chi connectivity index (χ0n) is 30.8. The fourth-order valence-corrected chi connectivity index (χ4v) is 8.71. The molecule has 0 saturated carbocycles. The number of amides is 3. The molecule has 12 heteroatoms. The van der Waals surface area contributed by atoms with Crippen LogP contribution in [-0.4, -0.2) is 95.8 Å². The molecule has 1 aliphatic carbocycles. The van der Waals surface area contributed by atoms with Gasteiger partial charge in [-0.15, -0.1) is 0 Å². The lowest BCUT2D eigenvalue weighted by Crippen LogP contribution is -2.58. The summed E-state index contributed by atoms with van der Waals surface area (Å²) >= 11 is 0. The molecule has 55 heavy (non-hydrogen) atoms. The van der Waals surface area contributed by atoms with Crippen molar-refractivity contribution in [3.05, 3.63) is 130 Å². The predicted octanol–water partition coefficient (Wildman–Crippen LogP) is 5.00. The van der Waals surface area contributed by atoms with Crippen molar-refractivity contribution in [3.8, 4) is 11.5 Å². The maximum absolute atomic E-state index is 13.1. The highest BCUT2D eigenvalue weighted by Crippen LogP contribution is 2.47. The van der Waals surface area contributed by atoms with Crippen LogP contribution in [0.4, 0.5) is 5.69 Å². The summed E-state index contributed by atoms with van der Waals surface area (Å²) in [5.41, 5.74) is 8.52. The number of benzene rings is 4. The minimum Gasteiger partial charge on any atom is -0.767 e. The predicted molar refractivity (Wildman–Crippen MR) is 209 cm³/mol. The number of likely N-dealkylation sites (tertiary alicyclic amines) is 1. The summed E-state index contributed by atoms with van der Waals surface area (Å²) in [6, 6.07) is 29.6. The van der Waals surface area contributed by atoms with E-state index in [4.69, 9.17) is 4.74 Å². The number of aromatic hydroxyl groups is 1.